The normalized spacial score (nSPS) is 17.7. The van der Waals surface area contributed by atoms with E-state index < -0.39 is 0 Å². The van der Waals surface area contributed by atoms with Crippen molar-refractivity contribution < 1.29 is 19.1 Å². The molecule has 2 rings (SSSR count). The summed E-state index contributed by atoms with van der Waals surface area (Å²) in [7, 11) is 1.63. The molecule has 1 aliphatic rings. The van der Waals surface area contributed by atoms with Gasteiger partial charge in [-0.3, -0.25) is 9.59 Å². The summed E-state index contributed by atoms with van der Waals surface area (Å²) >= 11 is 0. The van der Waals surface area contributed by atoms with E-state index in [9.17, 15) is 9.59 Å². The van der Waals surface area contributed by atoms with Gasteiger partial charge in [0.2, 0.25) is 5.91 Å². The fourth-order valence-electron chi connectivity index (χ4n) is 2.86. The highest BCUT2D eigenvalue weighted by Gasteiger charge is 2.28. The highest BCUT2D eigenvalue weighted by atomic mass is 16.5. The summed E-state index contributed by atoms with van der Waals surface area (Å²) in [6.07, 6.45) is 2.82. The molecular weight excluding hydrogens is 294 g/mol. The molecule has 1 saturated heterocycles. The zero-order chi connectivity index (χ0) is 16.7. The first-order valence-corrected chi connectivity index (χ1v) is 8.21. The van der Waals surface area contributed by atoms with Crippen LogP contribution in [0.1, 0.15) is 31.7 Å². The molecule has 0 aliphatic carbocycles. The Morgan fingerprint density at radius 3 is 2.65 bits per heavy atom. The summed E-state index contributed by atoms with van der Waals surface area (Å²) in [5.74, 6) is 0.567. The average molecular weight is 319 g/mol. The number of ether oxygens (including phenoxy) is 2. The smallest absolute Gasteiger partial charge is 0.310 e. The second kappa shape index (κ2) is 8.56. The fraction of sp³-hybridized carbons (Fsp3) is 0.556. The van der Waals surface area contributed by atoms with Crippen LogP contribution in [0.2, 0.25) is 0 Å². The molecule has 23 heavy (non-hydrogen) atoms. The van der Waals surface area contributed by atoms with E-state index in [2.05, 4.69) is 0 Å². The van der Waals surface area contributed by atoms with Gasteiger partial charge in [-0.1, -0.05) is 12.1 Å². The van der Waals surface area contributed by atoms with E-state index in [0.29, 0.717) is 26.0 Å². The van der Waals surface area contributed by atoms with Crippen molar-refractivity contribution in [2.24, 2.45) is 5.92 Å². The van der Waals surface area contributed by atoms with Gasteiger partial charge >= 0.3 is 5.97 Å². The van der Waals surface area contributed by atoms with Gasteiger partial charge in [0, 0.05) is 19.5 Å². The van der Waals surface area contributed by atoms with E-state index in [-0.39, 0.29) is 17.8 Å². The lowest BCUT2D eigenvalue weighted by molar-refractivity contribution is -0.151. The van der Waals surface area contributed by atoms with Crippen molar-refractivity contribution >= 4 is 11.9 Å². The molecule has 126 valence electrons. The number of likely N-dealkylation sites (tertiary alicyclic amines) is 1. The van der Waals surface area contributed by atoms with E-state index in [0.717, 1.165) is 30.7 Å². The number of carbonyl (C=O) groups excluding carboxylic acids is 2. The minimum atomic E-state index is -0.180. The standard InChI is InChI=1S/C18H25NO4/c1-3-23-18(21)15-5-4-12-19(13-15)17(20)11-8-14-6-9-16(22-2)10-7-14/h6-7,9-10,15H,3-5,8,11-13H2,1-2H3/t15-/m1/s1. The van der Waals surface area contributed by atoms with E-state index in [1.165, 1.54) is 0 Å². The predicted molar refractivity (Wildman–Crippen MR) is 87.3 cm³/mol. The van der Waals surface area contributed by atoms with Gasteiger partial charge in [-0.15, -0.1) is 0 Å². The Labute approximate surface area is 137 Å². The van der Waals surface area contributed by atoms with Crippen molar-refractivity contribution in [3.63, 3.8) is 0 Å². The van der Waals surface area contributed by atoms with Crippen LogP contribution in [0.15, 0.2) is 24.3 Å². The third kappa shape index (κ3) is 4.98. The zero-order valence-electron chi connectivity index (χ0n) is 13.9. The largest absolute Gasteiger partial charge is 0.497 e. The molecule has 1 amide bonds. The lowest BCUT2D eigenvalue weighted by atomic mass is 9.97. The number of esters is 1. The van der Waals surface area contributed by atoms with E-state index in [1.807, 2.05) is 24.3 Å². The van der Waals surface area contributed by atoms with Crippen molar-refractivity contribution in [3.05, 3.63) is 29.8 Å². The summed E-state index contributed by atoms with van der Waals surface area (Å²) in [5, 5.41) is 0. The first-order valence-electron chi connectivity index (χ1n) is 8.21. The third-order valence-electron chi connectivity index (χ3n) is 4.18. The molecule has 1 heterocycles. The van der Waals surface area contributed by atoms with Crippen LogP contribution in [0.25, 0.3) is 0 Å². The van der Waals surface area contributed by atoms with Gasteiger partial charge in [-0.25, -0.2) is 0 Å². The van der Waals surface area contributed by atoms with Gasteiger partial charge in [0.15, 0.2) is 0 Å². The SMILES string of the molecule is CCOC(=O)[C@@H]1CCCN(C(=O)CCc2ccc(OC)cc2)C1. The number of carbonyl (C=O) groups is 2. The Bertz CT molecular complexity index is 526. The number of nitrogens with zero attached hydrogens (tertiary/aromatic N) is 1. The lowest BCUT2D eigenvalue weighted by Crippen LogP contribution is -2.42. The summed E-state index contributed by atoms with van der Waals surface area (Å²) in [6, 6.07) is 7.75. The second-order valence-corrected chi connectivity index (χ2v) is 5.78. The molecule has 0 spiro atoms. The molecule has 5 heteroatoms. The van der Waals surface area contributed by atoms with E-state index in [1.54, 1.807) is 18.9 Å². The van der Waals surface area contributed by atoms with Crippen LogP contribution >= 0.6 is 0 Å². The summed E-state index contributed by atoms with van der Waals surface area (Å²) < 4.78 is 10.2. The minimum absolute atomic E-state index is 0.106. The monoisotopic (exact) mass is 319 g/mol. The van der Waals surface area contributed by atoms with Crippen LogP contribution in [0, 0.1) is 5.92 Å². The van der Waals surface area contributed by atoms with Gasteiger partial charge in [-0.05, 0) is 43.9 Å². The van der Waals surface area contributed by atoms with Crippen LogP contribution in [-0.2, 0) is 20.7 Å². The molecule has 1 atom stereocenters. The number of aryl methyl sites for hydroxylation is 1. The zero-order valence-corrected chi connectivity index (χ0v) is 13.9. The highest BCUT2D eigenvalue weighted by Crippen LogP contribution is 2.19. The molecule has 1 aromatic rings. The number of benzene rings is 1. The van der Waals surface area contributed by atoms with Gasteiger partial charge in [0.1, 0.15) is 5.75 Å². The highest BCUT2D eigenvalue weighted by molar-refractivity contribution is 5.78. The predicted octanol–water partition coefficient (Wildman–Crippen LogP) is 2.43. The molecule has 1 aliphatic heterocycles. The molecule has 0 bridgehead atoms. The second-order valence-electron chi connectivity index (χ2n) is 5.78. The van der Waals surface area contributed by atoms with Crippen LogP contribution in [0.4, 0.5) is 0 Å². The summed E-state index contributed by atoms with van der Waals surface area (Å²) in [5.41, 5.74) is 1.11. The maximum Gasteiger partial charge on any atom is 0.310 e. The molecule has 0 N–H and O–H groups in total. The summed E-state index contributed by atoms with van der Waals surface area (Å²) in [6.45, 7) is 3.41. The van der Waals surface area contributed by atoms with Gasteiger partial charge < -0.3 is 14.4 Å². The number of piperidine rings is 1. The summed E-state index contributed by atoms with van der Waals surface area (Å²) in [4.78, 5) is 26.0. The van der Waals surface area contributed by atoms with Crippen LogP contribution in [0.3, 0.4) is 0 Å². The third-order valence-corrected chi connectivity index (χ3v) is 4.18. The average Bonchev–Trinajstić information content (AvgIpc) is 2.60. The molecule has 0 unspecified atom stereocenters. The van der Waals surface area contributed by atoms with E-state index >= 15 is 0 Å². The molecular formula is C18H25NO4. The maximum absolute atomic E-state index is 12.4. The lowest BCUT2D eigenvalue weighted by Gasteiger charge is -2.31. The van der Waals surface area contributed by atoms with Crippen molar-refractivity contribution in [3.8, 4) is 5.75 Å². The number of hydrogen-bond acceptors (Lipinski definition) is 4. The van der Waals surface area contributed by atoms with Gasteiger partial charge in [-0.2, -0.15) is 0 Å². The Hall–Kier alpha value is -2.04. The topological polar surface area (TPSA) is 55.8 Å². The van der Waals surface area contributed by atoms with Gasteiger partial charge in [0.25, 0.3) is 0 Å². The van der Waals surface area contributed by atoms with Gasteiger partial charge in [0.05, 0.1) is 19.6 Å². The fourth-order valence-corrected chi connectivity index (χ4v) is 2.86. The van der Waals surface area contributed by atoms with Crippen LogP contribution in [0.5, 0.6) is 5.75 Å². The Morgan fingerprint density at radius 1 is 1.26 bits per heavy atom. The molecule has 0 radical (unpaired) electrons. The Morgan fingerprint density at radius 2 is 2.00 bits per heavy atom. The Kier molecular flexibility index (Phi) is 6.44. The van der Waals surface area contributed by atoms with Crippen molar-refractivity contribution in [1.29, 1.82) is 0 Å². The van der Waals surface area contributed by atoms with Crippen molar-refractivity contribution in [2.45, 2.75) is 32.6 Å². The molecule has 1 aromatic carbocycles. The first-order chi connectivity index (χ1) is 11.1. The quantitative estimate of drug-likeness (QED) is 0.756. The molecule has 5 nitrogen and oxygen atoms in total. The van der Waals surface area contributed by atoms with E-state index in [4.69, 9.17) is 9.47 Å². The minimum Gasteiger partial charge on any atom is -0.497 e. The molecule has 1 fully saturated rings. The molecule has 0 saturated carbocycles. The number of rotatable bonds is 6. The first kappa shape index (κ1) is 17.3. The Balaban J connectivity index is 1.83. The number of methoxy groups -OCH3 is 1. The van der Waals surface area contributed by atoms with Crippen molar-refractivity contribution in [2.75, 3.05) is 26.8 Å². The number of amides is 1. The van der Waals surface area contributed by atoms with Crippen LogP contribution in [-0.4, -0.2) is 43.6 Å². The van der Waals surface area contributed by atoms with Crippen molar-refractivity contribution in [1.82, 2.24) is 4.90 Å². The maximum atomic E-state index is 12.4. The molecule has 0 aromatic heterocycles. The number of hydrogen-bond donors (Lipinski definition) is 0. The van der Waals surface area contributed by atoms with Crippen LogP contribution < -0.4 is 4.74 Å².